The number of anilines is 1. The third kappa shape index (κ3) is 3.36. The summed E-state index contributed by atoms with van der Waals surface area (Å²) in [5, 5.41) is 10.1. The summed E-state index contributed by atoms with van der Waals surface area (Å²) >= 11 is 0. The fourth-order valence-corrected chi connectivity index (χ4v) is 3.63. The predicted octanol–water partition coefficient (Wildman–Crippen LogP) is 3.63. The monoisotopic (exact) mass is 343 g/mol. The van der Waals surface area contributed by atoms with Gasteiger partial charge in [-0.3, -0.25) is 4.79 Å². The third-order valence-corrected chi connectivity index (χ3v) is 5.18. The second-order valence-electron chi connectivity index (χ2n) is 7.03. The number of carbonyl (C=O) groups is 1. The van der Waals surface area contributed by atoms with E-state index in [9.17, 15) is 23.1 Å². The minimum Gasteiger partial charge on any atom is -0.406 e. The van der Waals surface area contributed by atoms with Gasteiger partial charge in [-0.1, -0.05) is 0 Å². The molecule has 24 heavy (non-hydrogen) atoms. The molecule has 1 amide bonds. The molecule has 0 bridgehead atoms. The van der Waals surface area contributed by atoms with Gasteiger partial charge in [-0.25, -0.2) is 0 Å². The second-order valence-corrected chi connectivity index (χ2v) is 7.03. The predicted molar refractivity (Wildman–Crippen MR) is 81.6 cm³/mol. The number of rotatable bonds is 2. The molecule has 132 valence electrons. The number of aliphatic hydroxyl groups is 1. The van der Waals surface area contributed by atoms with Crippen LogP contribution in [0.15, 0.2) is 24.3 Å². The molecule has 4 nitrogen and oxygen atoms in total. The zero-order valence-corrected chi connectivity index (χ0v) is 13.4. The van der Waals surface area contributed by atoms with E-state index in [1.165, 1.54) is 24.3 Å². The van der Waals surface area contributed by atoms with Crippen LogP contribution in [-0.4, -0.2) is 29.5 Å². The van der Waals surface area contributed by atoms with Gasteiger partial charge in [0.05, 0.1) is 11.0 Å². The number of ether oxygens (including phenoxy) is 1. The summed E-state index contributed by atoms with van der Waals surface area (Å²) in [6.07, 6.45) is -1.55. The van der Waals surface area contributed by atoms with Gasteiger partial charge in [0.25, 0.3) is 0 Å². The summed E-state index contributed by atoms with van der Waals surface area (Å²) in [6.45, 7) is 2.33. The zero-order chi connectivity index (χ0) is 17.6. The Balaban J connectivity index is 1.72. The smallest absolute Gasteiger partial charge is 0.406 e. The maximum Gasteiger partial charge on any atom is 0.573 e. The second kappa shape index (κ2) is 5.65. The quantitative estimate of drug-likeness (QED) is 0.892. The van der Waals surface area contributed by atoms with Gasteiger partial charge in [0.2, 0.25) is 5.91 Å². The van der Waals surface area contributed by atoms with Crippen LogP contribution in [0.3, 0.4) is 0 Å². The molecule has 0 atom stereocenters. The molecule has 1 heterocycles. The van der Waals surface area contributed by atoms with Crippen molar-refractivity contribution in [3.8, 4) is 5.75 Å². The van der Waals surface area contributed by atoms with Gasteiger partial charge in [-0.2, -0.15) is 0 Å². The van der Waals surface area contributed by atoms with Crippen LogP contribution in [0.1, 0.15) is 39.0 Å². The summed E-state index contributed by atoms with van der Waals surface area (Å²) in [5.41, 5.74) is -0.581. The molecular weight excluding hydrogens is 323 g/mol. The number of carbonyl (C=O) groups excluding carboxylic acids is 1. The first kappa shape index (κ1) is 17.1. The van der Waals surface area contributed by atoms with Gasteiger partial charge in [0.1, 0.15) is 5.75 Å². The number of benzene rings is 1. The third-order valence-electron chi connectivity index (χ3n) is 5.18. The molecule has 1 spiro atoms. The highest BCUT2D eigenvalue weighted by atomic mass is 19.4. The lowest BCUT2D eigenvalue weighted by Crippen LogP contribution is -2.42. The van der Waals surface area contributed by atoms with E-state index in [4.69, 9.17) is 0 Å². The molecule has 1 aliphatic carbocycles. The number of hydrogen-bond donors (Lipinski definition) is 1. The van der Waals surface area contributed by atoms with Crippen LogP contribution in [0, 0.1) is 5.41 Å². The van der Waals surface area contributed by atoms with Gasteiger partial charge < -0.3 is 14.7 Å². The van der Waals surface area contributed by atoms with E-state index in [0.717, 1.165) is 0 Å². The largest absolute Gasteiger partial charge is 0.573 e. The maximum absolute atomic E-state index is 12.8. The molecular formula is C17H20F3NO3. The first-order valence-electron chi connectivity index (χ1n) is 8.01. The number of alkyl halides is 3. The fraction of sp³-hybridized carbons (Fsp3) is 0.588. The molecule has 1 aromatic carbocycles. The maximum atomic E-state index is 12.8. The molecule has 2 fully saturated rings. The van der Waals surface area contributed by atoms with E-state index in [-0.39, 0.29) is 11.7 Å². The van der Waals surface area contributed by atoms with E-state index in [0.29, 0.717) is 44.3 Å². The highest BCUT2D eigenvalue weighted by Gasteiger charge is 2.50. The topological polar surface area (TPSA) is 49.8 Å². The number of hydrogen-bond acceptors (Lipinski definition) is 3. The van der Waals surface area contributed by atoms with Crippen molar-refractivity contribution in [3.05, 3.63) is 24.3 Å². The summed E-state index contributed by atoms with van der Waals surface area (Å²) in [5.74, 6) is -0.302. The molecule has 1 saturated heterocycles. The van der Waals surface area contributed by atoms with Crippen molar-refractivity contribution in [2.75, 3.05) is 11.4 Å². The van der Waals surface area contributed by atoms with Crippen LogP contribution in [0.2, 0.25) is 0 Å². The van der Waals surface area contributed by atoms with Crippen LogP contribution < -0.4 is 9.64 Å². The minimum absolute atomic E-state index is 0.00231. The number of nitrogens with zero attached hydrogens (tertiary/aromatic N) is 1. The molecule has 0 radical (unpaired) electrons. The molecule has 1 N–H and O–H groups in total. The Hall–Kier alpha value is -1.76. The summed E-state index contributed by atoms with van der Waals surface area (Å²) in [6, 6.07) is 5.37. The van der Waals surface area contributed by atoms with Crippen molar-refractivity contribution >= 4 is 11.6 Å². The van der Waals surface area contributed by atoms with Gasteiger partial charge in [-0.15, -0.1) is 13.2 Å². The van der Waals surface area contributed by atoms with Gasteiger partial charge in [0, 0.05) is 12.2 Å². The van der Waals surface area contributed by atoms with Crippen molar-refractivity contribution in [2.45, 2.75) is 51.0 Å². The Morgan fingerprint density at radius 3 is 2.21 bits per heavy atom. The average molecular weight is 343 g/mol. The Labute approximate surface area is 138 Å². The van der Waals surface area contributed by atoms with E-state index in [1.807, 2.05) is 0 Å². The molecule has 0 aromatic heterocycles. The lowest BCUT2D eigenvalue weighted by Gasteiger charge is -2.38. The lowest BCUT2D eigenvalue weighted by atomic mass is 9.68. The van der Waals surface area contributed by atoms with Crippen LogP contribution in [0.25, 0.3) is 0 Å². The highest BCUT2D eigenvalue weighted by Crippen LogP contribution is 2.48. The van der Waals surface area contributed by atoms with E-state index in [2.05, 4.69) is 4.74 Å². The minimum atomic E-state index is -4.73. The van der Waals surface area contributed by atoms with Gasteiger partial charge in [-0.05, 0) is 63.3 Å². The van der Waals surface area contributed by atoms with Crippen LogP contribution in [-0.2, 0) is 4.79 Å². The first-order valence-corrected chi connectivity index (χ1v) is 8.01. The Morgan fingerprint density at radius 1 is 1.08 bits per heavy atom. The Bertz CT molecular complexity index is 615. The Kier molecular flexibility index (Phi) is 4.02. The van der Waals surface area contributed by atoms with E-state index >= 15 is 0 Å². The standard InChI is InChI=1S/C17H20F3NO3/c1-15(23)6-8-16(9-7-15)10-11-21(14(16)22)12-2-4-13(5-3-12)24-17(18,19)20/h2-5,23H,6-11H2,1H3/t15-,16+. The lowest BCUT2D eigenvalue weighted by molar-refractivity contribution is -0.274. The molecule has 2 aliphatic rings. The van der Waals surface area contributed by atoms with Crippen molar-refractivity contribution < 1.29 is 27.8 Å². The van der Waals surface area contributed by atoms with Crippen molar-refractivity contribution in [1.29, 1.82) is 0 Å². The normalized spacial score (nSPS) is 30.9. The molecule has 3 rings (SSSR count). The molecule has 1 saturated carbocycles. The SMILES string of the molecule is C[C@]1(O)CC[C@]2(CCN(c3ccc(OC(F)(F)F)cc3)C2=O)CC1. The summed E-state index contributed by atoms with van der Waals surface area (Å²) in [4.78, 5) is 14.5. The van der Waals surface area contributed by atoms with Crippen LogP contribution >= 0.6 is 0 Å². The number of amides is 1. The van der Waals surface area contributed by atoms with Crippen molar-refractivity contribution in [3.63, 3.8) is 0 Å². The molecule has 0 unspecified atom stereocenters. The van der Waals surface area contributed by atoms with Crippen molar-refractivity contribution in [2.24, 2.45) is 5.41 Å². The zero-order valence-electron chi connectivity index (χ0n) is 13.4. The fourth-order valence-electron chi connectivity index (χ4n) is 3.63. The van der Waals surface area contributed by atoms with E-state index < -0.39 is 17.4 Å². The van der Waals surface area contributed by atoms with E-state index in [1.54, 1.807) is 11.8 Å². The molecule has 7 heteroatoms. The van der Waals surface area contributed by atoms with Crippen LogP contribution in [0.5, 0.6) is 5.75 Å². The average Bonchev–Trinajstić information content (AvgIpc) is 2.80. The number of halogens is 3. The van der Waals surface area contributed by atoms with Crippen LogP contribution in [0.4, 0.5) is 18.9 Å². The summed E-state index contributed by atoms with van der Waals surface area (Å²) in [7, 11) is 0. The molecule has 1 aliphatic heterocycles. The van der Waals surface area contributed by atoms with Crippen molar-refractivity contribution in [1.82, 2.24) is 0 Å². The van der Waals surface area contributed by atoms with Gasteiger partial charge >= 0.3 is 6.36 Å². The Morgan fingerprint density at radius 2 is 1.67 bits per heavy atom. The summed E-state index contributed by atoms with van der Waals surface area (Å²) < 4.78 is 40.4. The molecule has 1 aromatic rings. The first-order chi connectivity index (χ1) is 11.1. The highest BCUT2D eigenvalue weighted by molar-refractivity contribution is 6.00. The van der Waals surface area contributed by atoms with Gasteiger partial charge in [0.15, 0.2) is 0 Å².